The molecule has 0 aliphatic carbocycles. The lowest BCUT2D eigenvalue weighted by Gasteiger charge is -2.01. The summed E-state index contributed by atoms with van der Waals surface area (Å²) in [7, 11) is 1.33. The van der Waals surface area contributed by atoms with E-state index in [1.165, 1.54) is 18.4 Å². The number of methoxy groups -OCH3 is 1. The average Bonchev–Trinajstić information content (AvgIpc) is 3.14. The Hall–Kier alpha value is -2.60. The summed E-state index contributed by atoms with van der Waals surface area (Å²) < 4.78 is 4.64. The first-order valence-electron chi connectivity index (χ1n) is 6.69. The van der Waals surface area contributed by atoms with Gasteiger partial charge >= 0.3 is 5.97 Å². The van der Waals surface area contributed by atoms with Crippen molar-refractivity contribution in [1.82, 2.24) is 4.98 Å². The molecule has 1 aromatic carbocycles. The summed E-state index contributed by atoms with van der Waals surface area (Å²) in [4.78, 5) is 26.7. The summed E-state index contributed by atoms with van der Waals surface area (Å²) >= 11 is 1.30. The predicted molar refractivity (Wildman–Crippen MR) is 86.3 cm³/mol. The highest BCUT2D eigenvalue weighted by Gasteiger charge is 2.12. The highest BCUT2D eigenvalue weighted by Crippen LogP contribution is 2.22. The number of rotatable bonds is 4. The molecule has 0 radical (unpaired) electrons. The molecule has 0 fully saturated rings. The number of fused-ring (bicyclic) bond motifs is 1. The number of H-pyrrole nitrogens is 1. The SMILES string of the molecule is COC(=O)c1csc(NC(=O)Cc2c[nH]c3ccccc23)c1. The van der Waals surface area contributed by atoms with Crippen LogP contribution in [-0.2, 0) is 16.0 Å². The molecule has 22 heavy (non-hydrogen) atoms. The van der Waals surface area contributed by atoms with E-state index >= 15 is 0 Å². The number of hydrogen-bond acceptors (Lipinski definition) is 4. The van der Waals surface area contributed by atoms with E-state index < -0.39 is 5.97 Å². The molecule has 3 rings (SSSR count). The third-order valence-electron chi connectivity index (χ3n) is 3.31. The van der Waals surface area contributed by atoms with Crippen LogP contribution in [0.4, 0.5) is 5.00 Å². The van der Waals surface area contributed by atoms with E-state index in [4.69, 9.17) is 0 Å². The van der Waals surface area contributed by atoms with E-state index in [2.05, 4.69) is 15.0 Å². The van der Waals surface area contributed by atoms with E-state index in [0.717, 1.165) is 16.5 Å². The Morgan fingerprint density at radius 2 is 2.14 bits per heavy atom. The van der Waals surface area contributed by atoms with Crippen LogP contribution < -0.4 is 5.32 Å². The number of hydrogen-bond donors (Lipinski definition) is 2. The van der Waals surface area contributed by atoms with Gasteiger partial charge in [-0.2, -0.15) is 0 Å². The molecular weight excluding hydrogens is 300 g/mol. The van der Waals surface area contributed by atoms with E-state index in [1.807, 2.05) is 30.5 Å². The first-order valence-corrected chi connectivity index (χ1v) is 7.57. The van der Waals surface area contributed by atoms with Crippen LogP contribution in [0.5, 0.6) is 0 Å². The molecule has 3 aromatic rings. The summed E-state index contributed by atoms with van der Waals surface area (Å²) in [5.41, 5.74) is 2.39. The molecule has 0 spiro atoms. The minimum atomic E-state index is -0.409. The van der Waals surface area contributed by atoms with Gasteiger partial charge in [-0.15, -0.1) is 11.3 Å². The monoisotopic (exact) mass is 314 g/mol. The van der Waals surface area contributed by atoms with Crippen molar-refractivity contribution in [2.75, 3.05) is 12.4 Å². The molecule has 0 unspecified atom stereocenters. The van der Waals surface area contributed by atoms with Gasteiger partial charge in [-0.25, -0.2) is 4.79 Å². The number of amides is 1. The lowest BCUT2D eigenvalue weighted by atomic mass is 10.1. The van der Waals surface area contributed by atoms with Gasteiger partial charge in [0.15, 0.2) is 0 Å². The van der Waals surface area contributed by atoms with Gasteiger partial charge in [-0.05, 0) is 17.7 Å². The summed E-state index contributed by atoms with van der Waals surface area (Å²) in [6.45, 7) is 0. The Kier molecular flexibility index (Phi) is 3.93. The lowest BCUT2D eigenvalue weighted by Crippen LogP contribution is -2.13. The number of nitrogens with one attached hydrogen (secondary N) is 2. The van der Waals surface area contributed by atoms with Crippen LogP contribution in [0.15, 0.2) is 41.9 Å². The van der Waals surface area contributed by atoms with Crippen molar-refractivity contribution in [3.05, 3.63) is 53.0 Å². The molecular formula is C16H14N2O3S. The standard InChI is InChI=1S/C16H14N2O3S/c1-21-16(20)11-7-15(22-9-11)18-14(19)6-10-8-17-13-5-3-2-4-12(10)13/h2-5,7-9,17H,6H2,1H3,(H,18,19). The van der Waals surface area contributed by atoms with Gasteiger partial charge < -0.3 is 15.0 Å². The Labute approximate surface area is 130 Å². The van der Waals surface area contributed by atoms with E-state index in [0.29, 0.717) is 10.6 Å². The van der Waals surface area contributed by atoms with Crippen molar-refractivity contribution in [2.45, 2.75) is 6.42 Å². The van der Waals surface area contributed by atoms with Crippen LogP contribution in [0.25, 0.3) is 10.9 Å². The summed E-state index contributed by atoms with van der Waals surface area (Å²) in [6.07, 6.45) is 2.12. The number of aromatic nitrogens is 1. The minimum Gasteiger partial charge on any atom is -0.465 e. The number of carbonyl (C=O) groups is 2. The van der Waals surface area contributed by atoms with Crippen molar-refractivity contribution >= 4 is 39.1 Å². The second-order valence-electron chi connectivity index (χ2n) is 4.78. The number of ether oxygens (including phenoxy) is 1. The highest BCUT2D eigenvalue weighted by molar-refractivity contribution is 7.14. The van der Waals surface area contributed by atoms with Gasteiger partial charge in [0.05, 0.1) is 24.1 Å². The van der Waals surface area contributed by atoms with Crippen LogP contribution in [0.2, 0.25) is 0 Å². The van der Waals surface area contributed by atoms with E-state index in [-0.39, 0.29) is 12.3 Å². The number of thiophene rings is 1. The van der Waals surface area contributed by atoms with Crippen LogP contribution in [0, 0.1) is 0 Å². The molecule has 0 atom stereocenters. The van der Waals surface area contributed by atoms with Crippen LogP contribution in [0.1, 0.15) is 15.9 Å². The molecule has 2 heterocycles. The first-order chi connectivity index (χ1) is 10.7. The minimum absolute atomic E-state index is 0.122. The lowest BCUT2D eigenvalue weighted by molar-refractivity contribution is -0.115. The number of aromatic amines is 1. The number of benzene rings is 1. The topological polar surface area (TPSA) is 71.2 Å². The Morgan fingerprint density at radius 1 is 1.32 bits per heavy atom. The van der Waals surface area contributed by atoms with Gasteiger partial charge in [-0.3, -0.25) is 4.79 Å². The Morgan fingerprint density at radius 3 is 2.95 bits per heavy atom. The average molecular weight is 314 g/mol. The third-order valence-corrected chi connectivity index (χ3v) is 4.15. The van der Waals surface area contributed by atoms with Crippen molar-refractivity contribution < 1.29 is 14.3 Å². The molecule has 2 N–H and O–H groups in total. The number of anilines is 1. The predicted octanol–water partition coefficient (Wildman–Crippen LogP) is 3.20. The zero-order valence-corrected chi connectivity index (χ0v) is 12.7. The molecule has 0 saturated heterocycles. The van der Waals surface area contributed by atoms with E-state index in [9.17, 15) is 9.59 Å². The zero-order chi connectivity index (χ0) is 15.5. The second-order valence-corrected chi connectivity index (χ2v) is 5.69. The Bertz CT molecular complexity index is 835. The summed E-state index contributed by atoms with van der Waals surface area (Å²) in [5, 5.41) is 6.13. The first kappa shape index (κ1) is 14.3. The molecule has 5 nitrogen and oxygen atoms in total. The van der Waals surface area contributed by atoms with Crippen LogP contribution >= 0.6 is 11.3 Å². The molecule has 0 bridgehead atoms. The number of para-hydroxylation sites is 1. The van der Waals surface area contributed by atoms with Crippen molar-refractivity contribution in [1.29, 1.82) is 0 Å². The molecule has 112 valence electrons. The molecule has 6 heteroatoms. The quantitative estimate of drug-likeness (QED) is 0.726. The number of carbonyl (C=O) groups excluding carboxylic acids is 2. The Balaban J connectivity index is 1.70. The zero-order valence-electron chi connectivity index (χ0n) is 11.9. The van der Waals surface area contributed by atoms with Gasteiger partial charge in [0.1, 0.15) is 0 Å². The van der Waals surface area contributed by atoms with Gasteiger partial charge in [0.25, 0.3) is 0 Å². The maximum atomic E-state index is 12.1. The molecule has 0 saturated carbocycles. The fourth-order valence-corrected chi connectivity index (χ4v) is 3.05. The van der Waals surface area contributed by atoms with E-state index in [1.54, 1.807) is 11.4 Å². The maximum Gasteiger partial charge on any atom is 0.338 e. The molecule has 0 aliphatic rings. The molecule has 2 aromatic heterocycles. The fraction of sp³-hybridized carbons (Fsp3) is 0.125. The fourth-order valence-electron chi connectivity index (χ4n) is 2.26. The van der Waals surface area contributed by atoms with Crippen molar-refractivity contribution in [3.63, 3.8) is 0 Å². The molecule has 0 aliphatic heterocycles. The second kappa shape index (κ2) is 6.03. The van der Waals surface area contributed by atoms with Gasteiger partial charge in [0, 0.05) is 22.5 Å². The van der Waals surface area contributed by atoms with Gasteiger partial charge in [0.2, 0.25) is 5.91 Å². The molecule has 1 amide bonds. The maximum absolute atomic E-state index is 12.1. The summed E-state index contributed by atoms with van der Waals surface area (Å²) in [5.74, 6) is -0.531. The van der Waals surface area contributed by atoms with Crippen LogP contribution in [0.3, 0.4) is 0 Å². The largest absolute Gasteiger partial charge is 0.465 e. The van der Waals surface area contributed by atoms with Gasteiger partial charge in [-0.1, -0.05) is 18.2 Å². The van der Waals surface area contributed by atoms with Crippen molar-refractivity contribution in [3.8, 4) is 0 Å². The summed E-state index contributed by atoms with van der Waals surface area (Å²) in [6, 6.07) is 9.46. The number of esters is 1. The smallest absolute Gasteiger partial charge is 0.338 e. The van der Waals surface area contributed by atoms with Crippen molar-refractivity contribution in [2.24, 2.45) is 0 Å². The van der Waals surface area contributed by atoms with Crippen LogP contribution in [-0.4, -0.2) is 24.0 Å². The normalized spacial score (nSPS) is 10.6. The third kappa shape index (κ3) is 2.87. The highest BCUT2D eigenvalue weighted by atomic mass is 32.1.